The van der Waals surface area contributed by atoms with E-state index in [2.05, 4.69) is 4.98 Å². The van der Waals surface area contributed by atoms with Crippen LogP contribution in [0.5, 0.6) is 0 Å². The molecule has 0 atom stereocenters. The quantitative estimate of drug-likeness (QED) is 0.794. The Kier molecular flexibility index (Phi) is 2.17. The van der Waals surface area contributed by atoms with E-state index in [4.69, 9.17) is 4.42 Å². The highest BCUT2D eigenvalue weighted by Gasteiger charge is 2.16. The van der Waals surface area contributed by atoms with Gasteiger partial charge in [-0.25, -0.2) is 0 Å². The fraction of sp³-hybridized carbons (Fsp3) is 0.308. The third-order valence-corrected chi connectivity index (χ3v) is 3.13. The number of pyridine rings is 1. The molecule has 3 rings (SSSR count). The minimum absolute atomic E-state index is 0.0351. The maximum Gasteiger partial charge on any atom is 0.248 e. The molecule has 2 aromatic rings. The minimum atomic E-state index is -0.0351. The Balaban J connectivity index is 2.24. The molecule has 2 aromatic heterocycles. The van der Waals surface area contributed by atoms with E-state index in [1.54, 1.807) is 12.3 Å². The van der Waals surface area contributed by atoms with Crippen LogP contribution in [-0.4, -0.2) is 4.98 Å². The number of rotatable bonds is 1. The summed E-state index contributed by atoms with van der Waals surface area (Å²) in [6.45, 7) is 0. The average molecular weight is 215 g/mol. The predicted octanol–water partition coefficient (Wildman–Crippen LogP) is 2.51. The van der Waals surface area contributed by atoms with Crippen LogP contribution in [0.1, 0.15) is 24.0 Å². The van der Waals surface area contributed by atoms with E-state index in [-0.39, 0.29) is 5.56 Å². The summed E-state index contributed by atoms with van der Waals surface area (Å²) in [5.41, 5.74) is 3.27. The molecule has 1 aliphatic rings. The maximum absolute atomic E-state index is 11.6. The van der Waals surface area contributed by atoms with E-state index in [0.717, 1.165) is 24.3 Å². The fourth-order valence-corrected chi connectivity index (χ4v) is 2.40. The van der Waals surface area contributed by atoms with Gasteiger partial charge in [-0.15, -0.1) is 0 Å². The van der Waals surface area contributed by atoms with Crippen molar-refractivity contribution in [3.05, 3.63) is 45.9 Å². The van der Waals surface area contributed by atoms with Gasteiger partial charge in [0.25, 0.3) is 0 Å². The van der Waals surface area contributed by atoms with Crippen LogP contribution in [0.4, 0.5) is 0 Å². The summed E-state index contributed by atoms with van der Waals surface area (Å²) in [4.78, 5) is 14.4. The Morgan fingerprint density at radius 2 is 2.12 bits per heavy atom. The minimum Gasteiger partial charge on any atom is -0.463 e. The summed E-state index contributed by atoms with van der Waals surface area (Å²) in [5, 5.41) is 0. The number of fused-ring (bicyclic) bond motifs is 1. The second-order valence-corrected chi connectivity index (χ2v) is 4.20. The first kappa shape index (κ1) is 9.46. The maximum atomic E-state index is 11.6. The zero-order valence-electron chi connectivity index (χ0n) is 8.95. The van der Waals surface area contributed by atoms with Gasteiger partial charge in [-0.1, -0.05) is 0 Å². The zero-order chi connectivity index (χ0) is 11.0. The first-order valence-electron chi connectivity index (χ1n) is 5.63. The molecular weight excluding hydrogens is 202 g/mol. The molecule has 0 amide bonds. The third kappa shape index (κ3) is 1.48. The normalized spacial score (nSPS) is 14.8. The van der Waals surface area contributed by atoms with E-state index < -0.39 is 0 Å². The van der Waals surface area contributed by atoms with Crippen molar-refractivity contribution in [3.63, 3.8) is 0 Å². The monoisotopic (exact) mass is 215 g/mol. The van der Waals surface area contributed by atoms with Crippen LogP contribution < -0.4 is 5.56 Å². The van der Waals surface area contributed by atoms with Crippen LogP contribution in [0.3, 0.4) is 0 Å². The van der Waals surface area contributed by atoms with Gasteiger partial charge in [0.1, 0.15) is 5.76 Å². The fourth-order valence-electron chi connectivity index (χ4n) is 2.40. The van der Waals surface area contributed by atoms with Gasteiger partial charge in [0, 0.05) is 6.07 Å². The molecule has 3 heteroatoms. The van der Waals surface area contributed by atoms with Gasteiger partial charge in [0.15, 0.2) is 0 Å². The lowest BCUT2D eigenvalue weighted by Crippen LogP contribution is -2.14. The molecular formula is C13H13NO2. The predicted molar refractivity (Wildman–Crippen MR) is 61.4 cm³/mol. The summed E-state index contributed by atoms with van der Waals surface area (Å²) in [5.74, 6) is 0.760. The zero-order valence-corrected chi connectivity index (χ0v) is 8.95. The summed E-state index contributed by atoms with van der Waals surface area (Å²) < 4.78 is 5.37. The summed E-state index contributed by atoms with van der Waals surface area (Å²) >= 11 is 0. The molecule has 0 bridgehead atoms. The van der Waals surface area contributed by atoms with Crippen LogP contribution >= 0.6 is 0 Å². The highest BCUT2D eigenvalue weighted by molar-refractivity contribution is 5.59. The van der Waals surface area contributed by atoms with Gasteiger partial charge in [0.2, 0.25) is 5.56 Å². The molecule has 1 aliphatic carbocycles. The number of hydrogen-bond acceptors (Lipinski definition) is 2. The number of aryl methyl sites for hydroxylation is 1. The molecule has 0 unspecified atom stereocenters. The molecule has 0 aliphatic heterocycles. The van der Waals surface area contributed by atoms with E-state index in [9.17, 15) is 4.79 Å². The van der Waals surface area contributed by atoms with Crippen LogP contribution in [0.2, 0.25) is 0 Å². The number of furan rings is 1. The van der Waals surface area contributed by atoms with Crippen molar-refractivity contribution in [2.75, 3.05) is 0 Å². The Bertz CT molecular complexity index is 552. The van der Waals surface area contributed by atoms with Gasteiger partial charge in [0.05, 0.1) is 12.0 Å². The first-order valence-corrected chi connectivity index (χ1v) is 5.63. The van der Waals surface area contributed by atoms with Crippen molar-refractivity contribution in [2.45, 2.75) is 25.7 Å². The van der Waals surface area contributed by atoms with Crippen LogP contribution in [0, 0.1) is 0 Å². The van der Waals surface area contributed by atoms with Crippen molar-refractivity contribution in [1.82, 2.24) is 4.98 Å². The Hall–Kier alpha value is -1.77. The molecule has 0 fully saturated rings. The molecule has 0 spiro atoms. The van der Waals surface area contributed by atoms with Gasteiger partial charge < -0.3 is 9.40 Å². The van der Waals surface area contributed by atoms with Crippen LogP contribution in [-0.2, 0) is 12.8 Å². The molecule has 0 radical (unpaired) electrons. The van der Waals surface area contributed by atoms with Crippen molar-refractivity contribution in [2.24, 2.45) is 0 Å². The second-order valence-electron chi connectivity index (χ2n) is 4.20. The number of aromatic amines is 1. The van der Waals surface area contributed by atoms with Crippen molar-refractivity contribution >= 4 is 0 Å². The second kappa shape index (κ2) is 3.67. The van der Waals surface area contributed by atoms with Gasteiger partial charge in [-0.2, -0.15) is 0 Å². The lowest BCUT2D eigenvalue weighted by atomic mass is 9.90. The smallest absolute Gasteiger partial charge is 0.248 e. The average Bonchev–Trinajstić information content (AvgIpc) is 2.81. The summed E-state index contributed by atoms with van der Waals surface area (Å²) in [6.07, 6.45) is 6.03. The largest absolute Gasteiger partial charge is 0.463 e. The molecule has 2 heterocycles. The van der Waals surface area contributed by atoms with Gasteiger partial charge >= 0.3 is 0 Å². The number of hydrogen-bond donors (Lipinski definition) is 1. The number of aromatic nitrogens is 1. The lowest BCUT2D eigenvalue weighted by molar-refractivity contribution is 0.576. The first-order chi connectivity index (χ1) is 7.84. The number of nitrogens with one attached hydrogen (secondary N) is 1. The van der Waals surface area contributed by atoms with Crippen molar-refractivity contribution in [3.8, 4) is 11.5 Å². The Labute approximate surface area is 93.1 Å². The number of H-pyrrole nitrogens is 1. The van der Waals surface area contributed by atoms with E-state index in [1.165, 1.54) is 24.0 Å². The molecule has 16 heavy (non-hydrogen) atoms. The van der Waals surface area contributed by atoms with Crippen LogP contribution in [0.25, 0.3) is 11.5 Å². The lowest BCUT2D eigenvalue weighted by Gasteiger charge is -2.17. The van der Waals surface area contributed by atoms with E-state index in [1.807, 2.05) is 12.1 Å². The molecule has 0 saturated heterocycles. The summed E-state index contributed by atoms with van der Waals surface area (Å²) in [6, 6.07) is 5.46. The standard InChI is InChI=1S/C13H13NO2/c15-12-8-9-4-1-2-5-10(9)13(14-12)11-6-3-7-16-11/h3,6-8H,1-2,4-5H2,(H,14,15). The Morgan fingerprint density at radius 3 is 2.94 bits per heavy atom. The summed E-state index contributed by atoms with van der Waals surface area (Å²) in [7, 11) is 0. The molecule has 0 saturated carbocycles. The topological polar surface area (TPSA) is 46.0 Å². The molecule has 82 valence electrons. The molecule has 3 nitrogen and oxygen atoms in total. The third-order valence-electron chi connectivity index (χ3n) is 3.13. The van der Waals surface area contributed by atoms with Gasteiger partial charge in [-0.05, 0) is 48.9 Å². The highest BCUT2D eigenvalue weighted by atomic mass is 16.3. The Morgan fingerprint density at radius 1 is 1.25 bits per heavy atom. The SMILES string of the molecule is O=c1cc2c(c(-c3ccco3)[nH]1)CCCC2. The van der Waals surface area contributed by atoms with Crippen molar-refractivity contribution < 1.29 is 4.42 Å². The van der Waals surface area contributed by atoms with E-state index in [0.29, 0.717) is 0 Å². The highest BCUT2D eigenvalue weighted by Crippen LogP contribution is 2.28. The van der Waals surface area contributed by atoms with Crippen LogP contribution in [0.15, 0.2) is 33.7 Å². The van der Waals surface area contributed by atoms with E-state index >= 15 is 0 Å². The van der Waals surface area contributed by atoms with Crippen molar-refractivity contribution in [1.29, 1.82) is 0 Å². The molecule has 0 aromatic carbocycles. The molecule has 1 N–H and O–H groups in total. The van der Waals surface area contributed by atoms with Gasteiger partial charge in [-0.3, -0.25) is 4.79 Å².